The van der Waals surface area contributed by atoms with Crippen molar-refractivity contribution in [3.05, 3.63) is 93.8 Å². The summed E-state index contributed by atoms with van der Waals surface area (Å²) < 4.78 is 28.8. The third kappa shape index (κ3) is 6.16. The van der Waals surface area contributed by atoms with Crippen molar-refractivity contribution in [1.82, 2.24) is 0 Å². The molecule has 0 aromatic heterocycles. The fourth-order valence-corrected chi connectivity index (χ4v) is 2.84. The molecule has 3 rings (SSSR count). The Morgan fingerprint density at radius 2 is 1.74 bits per heavy atom. The molecule has 174 valence electrons. The Bertz CT molecular complexity index is 1250. The first kappa shape index (κ1) is 23.9. The summed E-state index contributed by atoms with van der Waals surface area (Å²) in [6.45, 7) is -0.566. The molecular weight excluding hydrogens is 449 g/mol. The topological polar surface area (TPSA) is 125 Å². The number of carboxylic acid groups (broad SMARTS) is 1. The van der Waals surface area contributed by atoms with Crippen molar-refractivity contribution in [2.75, 3.05) is 13.7 Å². The maximum absolute atomic E-state index is 13.1. The number of hydrogen-bond donors (Lipinski definition) is 1. The van der Waals surface area contributed by atoms with Crippen LogP contribution in [0, 0.1) is 15.9 Å². The summed E-state index contributed by atoms with van der Waals surface area (Å²) in [6.07, 6.45) is 2.63. The highest BCUT2D eigenvalue weighted by Gasteiger charge is 2.17. The van der Waals surface area contributed by atoms with Gasteiger partial charge in [0.1, 0.15) is 11.6 Å². The highest BCUT2D eigenvalue weighted by atomic mass is 19.1. The smallest absolute Gasteiger partial charge is 0.341 e. The molecule has 0 saturated carbocycles. The molecule has 3 aromatic carbocycles. The van der Waals surface area contributed by atoms with Crippen molar-refractivity contribution in [3.8, 4) is 23.0 Å². The van der Waals surface area contributed by atoms with Gasteiger partial charge in [-0.1, -0.05) is 12.1 Å². The number of hydrogen-bond acceptors (Lipinski definition) is 7. The van der Waals surface area contributed by atoms with Gasteiger partial charge in [0.25, 0.3) is 0 Å². The zero-order valence-electron chi connectivity index (χ0n) is 17.8. The number of nitrogens with zero attached hydrogens (tertiary/aromatic N) is 1. The van der Waals surface area contributed by atoms with Crippen molar-refractivity contribution in [2.45, 2.75) is 0 Å². The van der Waals surface area contributed by atoms with E-state index in [1.807, 2.05) is 0 Å². The summed E-state index contributed by atoms with van der Waals surface area (Å²) in [6, 6.07) is 13.4. The normalized spacial score (nSPS) is 10.6. The molecule has 34 heavy (non-hydrogen) atoms. The quantitative estimate of drug-likeness (QED) is 0.193. The molecule has 3 aromatic rings. The monoisotopic (exact) mass is 467 g/mol. The Kier molecular flexibility index (Phi) is 7.55. The third-order valence-corrected chi connectivity index (χ3v) is 4.45. The fourth-order valence-electron chi connectivity index (χ4n) is 2.84. The minimum atomic E-state index is -1.16. The molecule has 0 aliphatic carbocycles. The van der Waals surface area contributed by atoms with E-state index in [-0.39, 0.29) is 34.2 Å². The fraction of sp³-hybridized carbons (Fsp3) is 0.0833. The number of rotatable bonds is 10. The molecule has 0 amide bonds. The summed E-state index contributed by atoms with van der Waals surface area (Å²) in [4.78, 5) is 34.1. The summed E-state index contributed by atoms with van der Waals surface area (Å²) in [5.41, 5.74) is 0.280. The van der Waals surface area contributed by atoms with Gasteiger partial charge < -0.3 is 19.3 Å². The van der Waals surface area contributed by atoms with E-state index in [4.69, 9.17) is 19.3 Å². The van der Waals surface area contributed by atoms with E-state index >= 15 is 0 Å². The van der Waals surface area contributed by atoms with Gasteiger partial charge in [-0.05, 0) is 60.2 Å². The van der Waals surface area contributed by atoms with Crippen LogP contribution >= 0.6 is 0 Å². The van der Waals surface area contributed by atoms with Gasteiger partial charge >= 0.3 is 11.7 Å². The predicted molar refractivity (Wildman–Crippen MR) is 119 cm³/mol. The van der Waals surface area contributed by atoms with Crippen molar-refractivity contribution in [1.29, 1.82) is 0 Å². The van der Waals surface area contributed by atoms with Gasteiger partial charge in [0, 0.05) is 11.6 Å². The van der Waals surface area contributed by atoms with Crippen LogP contribution in [0.4, 0.5) is 10.1 Å². The van der Waals surface area contributed by atoms with Gasteiger partial charge in [-0.2, -0.15) is 0 Å². The number of ketones is 1. The van der Waals surface area contributed by atoms with Crippen LogP contribution in [0.25, 0.3) is 6.08 Å². The lowest BCUT2D eigenvalue weighted by molar-refractivity contribution is -0.385. The number of carbonyl (C=O) groups is 2. The van der Waals surface area contributed by atoms with Crippen LogP contribution in [-0.2, 0) is 4.79 Å². The number of allylic oxidation sites excluding steroid dienone is 1. The van der Waals surface area contributed by atoms with Crippen LogP contribution in [0.1, 0.15) is 15.9 Å². The highest BCUT2D eigenvalue weighted by Crippen LogP contribution is 2.33. The number of carbonyl (C=O) groups excluding carboxylic acids is 1. The molecule has 0 heterocycles. The predicted octanol–water partition coefficient (Wildman–Crippen LogP) is 4.89. The van der Waals surface area contributed by atoms with E-state index in [0.717, 1.165) is 0 Å². The lowest BCUT2D eigenvalue weighted by Crippen LogP contribution is -2.10. The summed E-state index contributed by atoms with van der Waals surface area (Å²) >= 11 is 0. The summed E-state index contributed by atoms with van der Waals surface area (Å²) in [5, 5.41) is 20.2. The summed E-state index contributed by atoms with van der Waals surface area (Å²) in [7, 11) is 1.35. The molecule has 0 aliphatic heterocycles. The Labute approximate surface area is 192 Å². The van der Waals surface area contributed by atoms with E-state index in [1.165, 1.54) is 79.9 Å². The molecule has 0 radical (unpaired) electrons. The third-order valence-electron chi connectivity index (χ3n) is 4.45. The Morgan fingerprint density at radius 1 is 1.03 bits per heavy atom. The maximum Gasteiger partial charge on any atom is 0.341 e. The molecule has 1 N–H and O–H groups in total. The number of benzene rings is 3. The van der Waals surface area contributed by atoms with Gasteiger partial charge in [-0.3, -0.25) is 14.9 Å². The Balaban J connectivity index is 1.78. The Morgan fingerprint density at radius 3 is 2.38 bits per heavy atom. The van der Waals surface area contributed by atoms with Crippen molar-refractivity contribution >= 4 is 23.5 Å². The molecule has 0 atom stereocenters. The average molecular weight is 467 g/mol. The van der Waals surface area contributed by atoms with E-state index in [9.17, 15) is 24.1 Å². The van der Waals surface area contributed by atoms with Crippen LogP contribution in [0.15, 0.2) is 66.7 Å². The average Bonchev–Trinajstić information content (AvgIpc) is 2.82. The largest absolute Gasteiger partial charge is 0.493 e. The van der Waals surface area contributed by atoms with Crippen LogP contribution in [0.5, 0.6) is 23.0 Å². The lowest BCUT2D eigenvalue weighted by Gasteiger charge is -2.10. The number of methoxy groups -OCH3 is 1. The van der Waals surface area contributed by atoms with Crippen molar-refractivity contribution in [2.24, 2.45) is 0 Å². The van der Waals surface area contributed by atoms with E-state index in [0.29, 0.717) is 5.56 Å². The first-order chi connectivity index (χ1) is 16.3. The van der Waals surface area contributed by atoms with Crippen molar-refractivity contribution < 1.29 is 38.2 Å². The van der Waals surface area contributed by atoms with Gasteiger partial charge in [0.15, 0.2) is 23.9 Å². The molecule has 0 unspecified atom stereocenters. The molecule has 9 nitrogen and oxygen atoms in total. The van der Waals surface area contributed by atoms with Crippen molar-refractivity contribution in [3.63, 3.8) is 0 Å². The maximum atomic E-state index is 13.1. The van der Waals surface area contributed by atoms with Gasteiger partial charge in [0.2, 0.25) is 5.75 Å². The van der Waals surface area contributed by atoms with Crippen LogP contribution in [0.2, 0.25) is 0 Å². The zero-order chi connectivity index (χ0) is 24.7. The first-order valence-corrected chi connectivity index (χ1v) is 9.73. The van der Waals surface area contributed by atoms with Crippen LogP contribution in [0.3, 0.4) is 0 Å². The number of nitro groups is 1. The van der Waals surface area contributed by atoms with Gasteiger partial charge in [-0.25, -0.2) is 9.18 Å². The molecule has 0 bridgehead atoms. The Hall–Kier alpha value is -4.73. The number of ether oxygens (including phenoxy) is 3. The molecule has 10 heteroatoms. The van der Waals surface area contributed by atoms with Gasteiger partial charge in [0.05, 0.1) is 12.0 Å². The number of halogens is 1. The van der Waals surface area contributed by atoms with Crippen LogP contribution in [-0.4, -0.2) is 35.5 Å². The standard InChI is InChI=1S/C24H18FNO8/c1-32-23-13-16(4-11-22(23)33-14-24(28)29)20(27)9-2-15-3-10-21(19(12-15)26(30)31)34-18-7-5-17(25)6-8-18/h2-13H,14H2,1H3,(H,28,29)/b9-2+. The van der Waals surface area contributed by atoms with Gasteiger partial charge in [-0.15, -0.1) is 0 Å². The van der Waals surface area contributed by atoms with E-state index in [1.54, 1.807) is 0 Å². The highest BCUT2D eigenvalue weighted by molar-refractivity contribution is 6.07. The van der Waals surface area contributed by atoms with E-state index < -0.39 is 29.1 Å². The second-order valence-electron chi connectivity index (χ2n) is 6.79. The second-order valence-corrected chi connectivity index (χ2v) is 6.79. The number of nitro benzene ring substituents is 1. The SMILES string of the molecule is COc1cc(C(=O)/C=C/c2ccc(Oc3ccc(F)cc3)c([N+](=O)[O-])c2)ccc1OCC(=O)O. The minimum absolute atomic E-state index is 0.0400. The molecule has 0 saturated heterocycles. The minimum Gasteiger partial charge on any atom is -0.493 e. The van der Waals surface area contributed by atoms with Crippen LogP contribution < -0.4 is 14.2 Å². The first-order valence-electron chi connectivity index (χ1n) is 9.73. The molecular formula is C24H18FNO8. The zero-order valence-corrected chi connectivity index (χ0v) is 17.8. The number of aliphatic carboxylic acids is 1. The lowest BCUT2D eigenvalue weighted by atomic mass is 10.1. The molecule has 0 fully saturated rings. The number of carboxylic acids is 1. The second kappa shape index (κ2) is 10.7. The van der Waals surface area contributed by atoms with E-state index in [2.05, 4.69) is 0 Å². The molecule has 0 aliphatic rings. The summed E-state index contributed by atoms with van der Waals surface area (Å²) in [5.74, 6) is -1.51. The molecule has 0 spiro atoms.